The predicted molar refractivity (Wildman–Crippen MR) is 97.1 cm³/mol. The Bertz CT molecular complexity index is 930. The van der Waals surface area contributed by atoms with E-state index < -0.39 is 5.91 Å². The predicted octanol–water partition coefficient (Wildman–Crippen LogP) is 4.18. The molecule has 0 fully saturated rings. The maximum Gasteiger partial charge on any atom is 0.256 e. The zero-order valence-corrected chi connectivity index (χ0v) is 13.7. The van der Waals surface area contributed by atoms with Crippen LogP contribution in [0.15, 0.2) is 72.8 Å². The average Bonchev–Trinajstić information content (AvgIpc) is 2.63. The number of hydrogen-bond acceptors (Lipinski definition) is 3. The third-order valence-corrected chi connectivity index (χ3v) is 3.88. The topological polar surface area (TPSA) is 66.4 Å². The van der Waals surface area contributed by atoms with Crippen molar-refractivity contribution < 1.29 is 14.7 Å². The summed E-state index contributed by atoms with van der Waals surface area (Å²) in [5.41, 5.74) is 2.45. The van der Waals surface area contributed by atoms with E-state index in [0.29, 0.717) is 16.8 Å². The van der Waals surface area contributed by atoms with Crippen molar-refractivity contribution in [3.05, 3.63) is 95.1 Å². The van der Waals surface area contributed by atoms with Gasteiger partial charge >= 0.3 is 0 Å². The van der Waals surface area contributed by atoms with Crippen LogP contribution in [0.3, 0.4) is 0 Å². The molecule has 0 aromatic heterocycles. The number of phenolic OH excluding ortho intramolecular Hbond substituents is 1. The molecule has 124 valence electrons. The summed E-state index contributed by atoms with van der Waals surface area (Å²) in [5, 5.41) is 12.4. The van der Waals surface area contributed by atoms with Crippen molar-refractivity contribution in [3.8, 4) is 5.75 Å². The van der Waals surface area contributed by atoms with Gasteiger partial charge in [0.2, 0.25) is 0 Å². The van der Waals surface area contributed by atoms with Gasteiger partial charge in [-0.3, -0.25) is 9.59 Å². The molecule has 0 aliphatic carbocycles. The molecule has 1 amide bonds. The molecule has 3 rings (SSSR count). The Balaban J connectivity index is 1.93. The van der Waals surface area contributed by atoms with Crippen molar-refractivity contribution in [2.75, 3.05) is 5.32 Å². The molecule has 0 heterocycles. The van der Waals surface area contributed by atoms with E-state index in [9.17, 15) is 14.7 Å². The molecule has 4 heteroatoms. The second-order valence-corrected chi connectivity index (χ2v) is 5.71. The summed E-state index contributed by atoms with van der Waals surface area (Å²) in [4.78, 5) is 25.4. The lowest BCUT2D eigenvalue weighted by Gasteiger charge is -2.11. The fraction of sp³-hybridized carbons (Fsp3) is 0.0476. The Morgan fingerprint density at radius 3 is 2.08 bits per heavy atom. The van der Waals surface area contributed by atoms with E-state index in [1.165, 1.54) is 6.07 Å². The van der Waals surface area contributed by atoms with E-state index in [2.05, 4.69) is 5.32 Å². The van der Waals surface area contributed by atoms with Gasteiger partial charge in [-0.15, -0.1) is 0 Å². The van der Waals surface area contributed by atoms with Crippen molar-refractivity contribution >= 4 is 17.4 Å². The summed E-state index contributed by atoms with van der Waals surface area (Å²) in [7, 11) is 0. The van der Waals surface area contributed by atoms with Gasteiger partial charge in [-0.25, -0.2) is 0 Å². The largest absolute Gasteiger partial charge is 0.506 e. The summed E-state index contributed by atoms with van der Waals surface area (Å²) < 4.78 is 0. The average molecular weight is 331 g/mol. The number of hydrogen-bond donors (Lipinski definition) is 2. The minimum atomic E-state index is -0.447. The molecule has 0 spiro atoms. The number of nitrogens with one attached hydrogen (secondary N) is 1. The Labute approximate surface area is 145 Å². The molecule has 0 aliphatic heterocycles. The van der Waals surface area contributed by atoms with Gasteiger partial charge in [-0.2, -0.15) is 0 Å². The second-order valence-electron chi connectivity index (χ2n) is 5.71. The maximum absolute atomic E-state index is 12.8. The van der Waals surface area contributed by atoms with E-state index in [0.717, 1.165) is 5.56 Å². The molecule has 0 radical (unpaired) electrons. The molecule has 3 aromatic rings. The van der Waals surface area contributed by atoms with Crippen molar-refractivity contribution in [3.63, 3.8) is 0 Å². The third-order valence-electron chi connectivity index (χ3n) is 3.88. The molecular weight excluding hydrogens is 314 g/mol. The number of benzene rings is 3. The minimum absolute atomic E-state index is 0.0295. The van der Waals surface area contributed by atoms with Crippen LogP contribution >= 0.6 is 0 Å². The summed E-state index contributed by atoms with van der Waals surface area (Å²) in [5.74, 6) is -0.696. The van der Waals surface area contributed by atoms with Crippen molar-refractivity contribution in [1.82, 2.24) is 0 Å². The molecule has 4 nitrogen and oxygen atoms in total. The van der Waals surface area contributed by atoms with Crippen molar-refractivity contribution in [2.45, 2.75) is 6.92 Å². The highest BCUT2D eigenvalue weighted by Crippen LogP contribution is 2.23. The summed E-state index contributed by atoms with van der Waals surface area (Å²) in [6.45, 7) is 1.95. The molecule has 0 saturated carbocycles. The molecule has 25 heavy (non-hydrogen) atoms. The smallest absolute Gasteiger partial charge is 0.256 e. The number of carbonyl (C=O) groups is 2. The Hall–Kier alpha value is -3.40. The SMILES string of the molecule is Cc1ccc(C(=O)c2ccccc2C(=O)Nc2ccccc2O)cc1. The van der Waals surface area contributed by atoms with E-state index in [4.69, 9.17) is 0 Å². The number of aryl methyl sites for hydroxylation is 1. The number of para-hydroxylation sites is 2. The zero-order chi connectivity index (χ0) is 17.8. The first-order valence-corrected chi connectivity index (χ1v) is 7.86. The van der Waals surface area contributed by atoms with E-state index in [1.54, 1.807) is 54.6 Å². The van der Waals surface area contributed by atoms with E-state index in [-0.39, 0.29) is 17.1 Å². The Kier molecular flexibility index (Phi) is 4.61. The van der Waals surface area contributed by atoms with Gasteiger partial charge < -0.3 is 10.4 Å². The van der Waals surface area contributed by atoms with Crippen LogP contribution in [-0.2, 0) is 0 Å². The number of rotatable bonds is 4. The second kappa shape index (κ2) is 7.01. The van der Waals surface area contributed by atoms with Gasteiger partial charge in [0.15, 0.2) is 5.78 Å². The van der Waals surface area contributed by atoms with Crippen LogP contribution in [0.1, 0.15) is 31.8 Å². The van der Waals surface area contributed by atoms with Crippen LogP contribution in [0.2, 0.25) is 0 Å². The fourth-order valence-corrected chi connectivity index (χ4v) is 2.51. The van der Waals surface area contributed by atoms with Gasteiger partial charge in [0.05, 0.1) is 11.3 Å². The zero-order valence-electron chi connectivity index (χ0n) is 13.7. The molecule has 3 aromatic carbocycles. The normalized spacial score (nSPS) is 10.3. The monoisotopic (exact) mass is 331 g/mol. The number of amides is 1. The van der Waals surface area contributed by atoms with Crippen LogP contribution in [0.5, 0.6) is 5.75 Å². The molecule has 0 saturated heterocycles. The highest BCUT2D eigenvalue weighted by atomic mass is 16.3. The first-order valence-electron chi connectivity index (χ1n) is 7.86. The lowest BCUT2D eigenvalue weighted by molar-refractivity contribution is 0.0996. The van der Waals surface area contributed by atoms with Crippen LogP contribution in [0.4, 0.5) is 5.69 Å². The quantitative estimate of drug-likeness (QED) is 0.556. The lowest BCUT2D eigenvalue weighted by Crippen LogP contribution is -2.17. The van der Waals surface area contributed by atoms with E-state index in [1.807, 2.05) is 19.1 Å². The Morgan fingerprint density at radius 2 is 1.40 bits per heavy atom. The van der Waals surface area contributed by atoms with Crippen LogP contribution in [-0.4, -0.2) is 16.8 Å². The van der Waals surface area contributed by atoms with Crippen LogP contribution < -0.4 is 5.32 Å². The van der Waals surface area contributed by atoms with Gasteiger partial charge in [0, 0.05) is 11.1 Å². The highest BCUT2D eigenvalue weighted by molar-refractivity contribution is 6.17. The third kappa shape index (κ3) is 3.58. The first kappa shape index (κ1) is 16.5. The Morgan fingerprint density at radius 1 is 0.800 bits per heavy atom. The van der Waals surface area contributed by atoms with Crippen LogP contribution in [0.25, 0.3) is 0 Å². The van der Waals surface area contributed by atoms with Crippen molar-refractivity contribution in [2.24, 2.45) is 0 Å². The van der Waals surface area contributed by atoms with Crippen molar-refractivity contribution in [1.29, 1.82) is 0 Å². The fourth-order valence-electron chi connectivity index (χ4n) is 2.51. The first-order chi connectivity index (χ1) is 12.1. The van der Waals surface area contributed by atoms with Gasteiger partial charge in [0.25, 0.3) is 5.91 Å². The number of ketones is 1. The summed E-state index contributed by atoms with van der Waals surface area (Å²) in [6, 6.07) is 20.3. The molecule has 2 N–H and O–H groups in total. The van der Waals surface area contributed by atoms with E-state index >= 15 is 0 Å². The highest BCUT2D eigenvalue weighted by Gasteiger charge is 2.18. The lowest BCUT2D eigenvalue weighted by atomic mass is 9.97. The molecular formula is C21H17NO3. The molecule has 0 atom stereocenters. The number of anilines is 1. The number of aromatic hydroxyl groups is 1. The summed E-state index contributed by atoms with van der Waals surface area (Å²) in [6.07, 6.45) is 0. The standard InChI is InChI=1S/C21H17NO3/c1-14-10-12-15(13-11-14)20(24)16-6-2-3-7-17(16)21(25)22-18-8-4-5-9-19(18)23/h2-13,23H,1H3,(H,22,25). The van der Waals surface area contributed by atoms with Gasteiger partial charge in [-0.05, 0) is 25.1 Å². The summed E-state index contributed by atoms with van der Waals surface area (Å²) >= 11 is 0. The molecule has 0 aliphatic rings. The maximum atomic E-state index is 12.8. The number of carbonyl (C=O) groups excluding carboxylic acids is 2. The minimum Gasteiger partial charge on any atom is -0.506 e. The molecule has 0 bridgehead atoms. The number of phenols is 1. The van der Waals surface area contributed by atoms with Gasteiger partial charge in [-0.1, -0.05) is 60.2 Å². The van der Waals surface area contributed by atoms with Gasteiger partial charge in [0.1, 0.15) is 5.75 Å². The molecule has 0 unspecified atom stereocenters. The van der Waals surface area contributed by atoms with Crippen LogP contribution in [0, 0.1) is 6.92 Å².